The van der Waals surface area contributed by atoms with Gasteiger partial charge >= 0.3 is 0 Å². The van der Waals surface area contributed by atoms with Crippen LogP contribution in [0.1, 0.15) is 36.8 Å². The second-order valence-corrected chi connectivity index (χ2v) is 7.43. The van der Waals surface area contributed by atoms with Gasteiger partial charge in [-0.1, -0.05) is 6.07 Å². The number of likely N-dealkylation sites (tertiary alicyclic amines) is 1. The van der Waals surface area contributed by atoms with Gasteiger partial charge < -0.3 is 14.4 Å². The fourth-order valence-corrected chi connectivity index (χ4v) is 5.49. The molecule has 0 radical (unpaired) electrons. The molecule has 0 spiro atoms. The van der Waals surface area contributed by atoms with Gasteiger partial charge in [0.1, 0.15) is 5.75 Å². The molecule has 0 amide bonds. The molecule has 3 aliphatic rings. The van der Waals surface area contributed by atoms with E-state index in [4.69, 9.17) is 9.47 Å². The van der Waals surface area contributed by atoms with Crippen molar-refractivity contribution in [1.82, 2.24) is 4.90 Å². The normalized spacial score (nSPS) is 37.3. The number of fused-ring (bicyclic) bond motifs is 1. The van der Waals surface area contributed by atoms with Crippen molar-refractivity contribution in [3.63, 3.8) is 0 Å². The van der Waals surface area contributed by atoms with Crippen LogP contribution in [0.2, 0.25) is 0 Å². The molecule has 4 atom stereocenters. The molecular weight excluding hydrogens is 274 g/mol. The van der Waals surface area contributed by atoms with Gasteiger partial charge in [0.2, 0.25) is 0 Å². The van der Waals surface area contributed by atoms with Crippen LogP contribution in [0.4, 0.5) is 0 Å². The van der Waals surface area contributed by atoms with E-state index in [1.807, 2.05) is 7.11 Å². The highest BCUT2D eigenvalue weighted by Crippen LogP contribution is 2.56. The van der Waals surface area contributed by atoms with Gasteiger partial charge in [-0.25, -0.2) is 0 Å². The van der Waals surface area contributed by atoms with Gasteiger partial charge in [0.05, 0.1) is 13.2 Å². The molecule has 1 aromatic carbocycles. The molecule has 1 heterocycles. The van der Waals surface area contributed by atoms with Crippen LogP contribution in [0, 0.1) is 5.92 Å². The lowest BCUT2D eigenvalue weighted by Crippen LogP contribution is -2.61. The fraction of sp³-hybridized carbons (Fsp3) is 0.684. The summed E-state index contributed by atoms with van der Waals surface area (Å²) in [6.45, 7) is 1.20. The predicted octanol–water partition coefficient (Wildman–Crippen LogP) is 3.01. The van der Waals surface area contributed by atoms with E-state index in [0.717, 1.165) is 11.7 Å². The lowest BCUT2D eigenvalue weighted by atomic mass is 9.52. The van der Waals surface area contributed by atoms with Crippen molar-refractivity contribution < 1.29 is 9.47 Å². The zero-order chi connectivity index (χ0) is 15.3. The summed E-state index contributed by atoms with van der Waals surface area (Å²) in [6.07, 6.45) is 6.55. The average molecular weight is 301 g/mol. The molecule has 2 aliphatic carbocycles. The summed E-state index contributed by atoms with van der Waals surface area (Å²) in [7, 11) is 5.96. The maximum Gasteiger partial charge on any atom is 0.119 e. The minimum atomic E-state index is 0.304. The number of benzene rings is 1. The standard InChI is InChI=1S/C19H27NO2/c1-20-9-8-19-12-15(22-3)6-7-16(19)18(20)10-13-4-5-14(21-2)11-17(13)19/h4-5,11,15-16,18H,6-10,12H2,1-3H3/t15?,16-,18+,19-/m0/s1. The van der Waals surface area contributed by atoms with Crippen molar-refractivity contribution in [2.24, 2.45) is 5.92 Å². The van der Waals surface area contributed by atoms with Gasteiger partial charge in [-0.3, -0.25) is 0 Å². The topological polar surface area (TPSA) is 21.7 Å². The maximum absolute atomic E-state index is 5.78. The number of hydrogen-bond acceptors (Lipinski definition) is 3. The molecule has 1 saturated heterocycles. The zero-order valence-electron chi connectivity index (χ0n) is 14.0. The van der Waals surface area contributed by atoms with Crippen LogP contribution >= 0.6 is 0 Å². The summed E-state index contributed by atoms with van der Waals surface area (Å²) in [5.74, 6) is 1.78. The molecule has 3 heteroatoms. The summed E-state index contributed by atoms with van der Waals surface area (Å²) >= 11 is 0. The summed E-state index contributed by atoms with van der Waals surface area (Å²) in [5.41, 5.74) is 3.39. The minimum absolute atomic E-state index is 0.304. The molecule has 120 valence electrons. The summed E-state index contributed by atoms with van der Waals surface area (Å²) in [6, 6.07) is 7.45. The van der Waals surface area contributed by atoms with Crippen molar-refractivity contribution in [2.75, 3.05) is 27.8 Å². The Morgan fingerprint density at radius 1 is 1.23 bits per heavy atom. The van der Waals surface area contributed by atoms with E-state index in [1.54, 1.807) is 12.7 Å². The number of nitrogens with zero attached hydrogens (tertiary/aromatic N) is 1. The first-order valence-corrected chi connectivity index (χ1v) is 8.58. The highest BCUT2D eigenvalue weighted by atomic mass is 16.5. The van der Waals surface area contributed by atoms with Crippen LogP contribution in [0.5, 0.6) is 5.75 Å². The molecule has 2 fully saturated rings. The van der Waals surface area contributed by atoms with Gasteiger partial charge in [0.15, 0.2) is 0 Å². The van der Waals surface area contributed by atoms with Crippen molar-refractivity contribution in [2.45, 2.75) is 49.7 Å². The maximum atomic E-state index is 5.78. The van der Waals surface area contributed by atoms with Gasteiger partial charge in [-0.05, 0) is 74.9 Å². The molecule has 0 N–H and O–H groups in total. The fourth-order valence-electron chi connectivity index (χ4n) is 5.49. The second-order valence-electron chi connectivity index (χ2n) is 7.43. The molecular formula is C19H27NO2. The Kier molecular flexibility index (Phi) is 3.46. The predicted molar refractivity (Wildman–Crippen MR) is 87.5 cm³/mol. The van der Waals surface area contributed by atoms with Crippen LogP contribution < -0.4 is 4.74 Å². The number of ether oxygens (including phenoxy) is 2. The SMILES string of the molecule is COc1ccc2c(c1)[C@]13CCN(C)[C@H](C2)[C@@H]1CCC(OC)C3. The summed E-state index contributed by atoms with van der Waals surface area (Å²) < 4.78 is 11.3. The minimum Gasteiger partial charge on any atom is -0.497 e. The largest absolute Gasteiger partial charge is 0.497 e. The van der Waals surface area contributed by atoms with Gasteiger partial charge in [-0.15, -0.1) is 0 Å². The highest BCUT2D eigenvalue weighted by Gasteiger charge is 2.55. The van der Waals surface area contributed by atoms with E-state index in [9.17, 15) is 0 Å². The monoisotopic (exact) mass is 301 g/mol. The molecule has 2 bridgehead atoms. The summed E-state index contributed by atoms with van der Waals surface area (Å²) in [5, 5.41) is 0. The number of methoxy groups -OCH3 is 2. The van der Waals surface area contributed by atoms with Crippen LogP contribution in [0.15, 0.2) is 18.2 Å². The van der Waals surface area contributed by atoms with Crippen LogP contribution in [-0.4, -0.2) is 44.9 Å². The van der Waals surface area contributed by atoms with Crippen LogP contribution in [0.25, 0.3) is 0 Å². The first-order chi connectivity index (χ1) is 10.7. The molecule has 1 aliphatic heterocycles. The molecule has 1 aromatic rings. The average Bonchev–Trinajstić information content (AvgIpc) is 2.57. The third-order valence-electron chi connectivity index (χ3n) is 6.66. The Labute approximate surface area is 133 Å². The highest BCUT2D eigenvalue weighted by molar-refractivity contribution is 5.45. The van der Waals surface area contributed by atoms with E-state index in [-0.39, 0.29) is 0 Å². The van der Waals surface area contributed by atoms with Crippen molar-refractivity contribution >= 4 is 0 Å². The molecule has 22 heavy (non-hydrogen) atoms. The number of likely N-dealkylation sites (N-methyl/N-ethyl adjacent to an activating group) is 1. The Morgan fingerprint density at radius 2 is 2.09 bits per heavy atom. The Bertz CT molecular complexity index is 573. The van der Waals surface area contributed by atoms with E-state index in [2.05, 4.69) is 30.1 Å². The Balaban J connectivity index is 1.85. The van der Waals surface area contributed by atoms with E-state index in [0.29, 0.717) is 17.6 Å². The molecule has 1 saturated carbocycles. The lowest BCUT2D eigenvalue weighted by Gasteiger charge is -2.59. The molecule has 1 unspecified atom stereocenters. The third-order valence-corrected chi connectivity index (χ3v) is 6.66. The molecule has 3 nitrogen and oxygen atoms in total. The Morgan fingerprint density at radius 3 is 2.86 bits per heavy atom. The number of hydrogen-bond donors (Lipinski definition) is 0. The van der Waals surface area contributed by atoms with Gasteiger partial charge in [0.25, 0.3) is 0 Å². The zero-order valence-corrected chi connectivity index (χ0v) is 14.0. The van der Waals surface area contributed by atoms with E-state index >= 15 is 0 Å². The Hall–Kier alpha value is -1.06. The van der Waals surface area contributed by atoms with Gasteiger partial charge in [-0.2, -0.15) is 0 Å². The van der Waals surface area contributed by atoms with Crippen molar-refractivity contribution in [3.05, 3.63) is 29.3 Å². The first-order valence-electron chi connectivity index (χ1n) is 8.58. The van der Waals surface area contributed by atoms with Crippen LogP contribution in [-0.2, 0) is 16.6 Å². The molecule has 0 aromatic heterocycles. The van der Waals surface area contributed by atoms with Crippen molar-refractivity contribution in [3.8, 4) is 5.75 Å². The van der Waals surface area contributed by atoms with Gasteiger partial charge in [0, 0.05) is 18.6 Å². The molecule has 4 rings (SSSR count). The number of rotatable bonds is 2. The second kappa shape index (κ2) is 5.24. The van der Waals surface area contributed by atoms with Crippen LogP contribution in [0.3, 0.4) is 0 Å². The van der Waals surface area contributed by atoms with Crippen molar-refractivity contribution in [1.29, 1.82) is 0 Å². The third kappa shape index (κ3) is 1.95. The first kappa shape index (κ1) is 14.5. The van der Waals surface area contributed by atoms with E-state index < -0.39 is 0 Å². The quantitative estimate of drug-likeness (QED) is 0.838. The lowest BCUT2D eigenvalue weighted by molar-refractivity contribution is -0.0522. The van der Waals surface area contributed by atoms with E-state index in [1.165, 1.54) is 44.2 Å². The summed E-state index contributed by atoms with van der Waals surface area (Å²) in [4.78, 5) is 2.60. The smallest absolute Gasteiger partial charge is 0.119 e. The number of piperidine rings is 1.